The van der Waals surface area contributed by atoms with Crippen LogP contribution in [-0.4, -0.2) is 29.1 Å². The number of carbonyl (C=O) groups excluding carboxylic acids is 2. The van der Waals surface area contributed by atoms with Gasteiger partial charge in [0.25, 0.3) is 0 Å². The van der Waals surface area contributed by atoms with E-state index in [9.17, 15) is 14.7 Å². The molecule has 1 heterocycles. The maximum atomic E-state index is 12.2. The van der Waals surface area contributed by atoms with Gasteiger partial charge in [-0.15, -0.1) is 11.3 Å². The third-order valence-electron chi connectivity index (χ3n) is 4.20. The molecule has 0 aliphatic heterocycles. The molecule has 0 spiro atoms. The third-order valence-corrected chi connectivity index (χ3v) is 5.19. The van der Waals surface area contributed by atoms with Crippen LogP contribution in [0.15, 0.2) is 17.5 Å². The number of hydrogen-bond donors (Lipinski definition) is 3. The van der Waals surface area contributed by atoms with Gasteiger partial charge in [-0.05, 0) is 17.9 Å². The minimum Gasteiger partial charge on any atom is -0.392 e. The van der Waals surface area contributed by atoms with Crippen molar-refractivity contribution < 1.29 is 14.7 Å². The Balaban J connectivity index is 1.94. The molecule has 1 fully saturated rings. The molecule has 1 aliphatic rings. The van der Waals surface area contributed by atoms with Crippen LogP contribution in [0.5, 0.6) is 0 Å². The first kappa shape index (κ1) is 16.0. The van der Waals surface area contributed by atoms with Crippen molar-refractivity contribution in [1.29, 1.82) is 0 Å². The molecule has 5 nitrogen and oxygen atoms in total. The van der Waals surface area contributed by atoms with E-state index >= 15 is 0 Å². The standard InChI is InChI=1S/C15H22N2O3S/c1-9(18)16-10(11-5-4-6-21-11)7-14(20)17-12-8-13(19)15(12,2)3/h4-6,10,12-13,19H,7-8H2,1-3H3,(H,16,18)(H,17,20). The first-order chi connectivity index (χ1) is 9.80. The van der Waals surface area contributed by atoms with Gasteiger partial charge < -0.3 is 15.7 Å². The van der Waals surface area contributed by atoms with Gasteiger partial charge in [0, 0.05) is 23.3 Å². The SMILES string of the molecule is CC(=O)NC(CC(=O)NC1CC(O)C1(C)C)c1cccs1. The van der Waals surface area contributed by atoms with Crippen molar-refractivity contribution in [3.63, 3.8) is 0 Å². The summed E-state index contributed by atoms with van der Waals surface area (Å²) in [7, 11) is 0. The van der Waals surface area contributed by atoms with Crippen molar-refractivity contribution >= 4 is 23.2 Å². The Bertz CT molecular complexity index is 513. The number of aliphatic hydroxyl groups excluding tert-OH is 1. The van der Waals surface area contributed by atoms with Crippen LogP contribution < -0.4 is 10.6 Å². The van der Waals surface area contributed by atoms with Crippen molar-refractivity contribution in [2.24, 2.45) is 5.41 Å². The summed E-state index contributed by atoms with van der Waals surface area (Å²) in [5.74, 6) is -0.257. The summed E-state index contributed by atoms with van der Waals surface area (Å²) >= 11 is 1.52. The molecule has 116 valence electrons. The molecule has 3 N–H and O–H groups in total. The number of nitrogens with one attached hydrogen (secondary N) is 2. The Labute approximate surface area is 128 Å². The fourth-order valence-electron chi connectivity index (χ4n) is 2.54. The lowest BCUT2D eigenvalue weighted by atomic mass is 9.64. The van der Waals surface area contributed by atoms with E-state index in [4.69, 9.17) is 0 Å². The highest BCUT2D eigenvalue weighted by Gasteiger charge is 2.47. The number of rotatable bonds is 5. The minimum atomic E-state index is -0.369. The van der Waals surface area contributed by atoms with Gasteiger partial charge in [-0.3, -0.25) is 9.59 Å². The summed E-state index contributed by atoms with van der Waals surface area (Å²) in [6.07, 6.45) is 0.428. The van der Waals surface area contributed by atoms with Gasteiger partial charge in [0.05, 0.1) is 18.6 Å². The Morgan fingerprint density at radius 2 is 2.24 bits per heavy atom. The average Bonchev–Trinajstić information content (AvgIpc) is 2.91. The summed E-state index contributed by atoms with van der Waals surface area (Å²) in [4.78, 5) is 24.4. The van der Waals surface area contributed by atoms with Gasteiger partial charge in [0.1, 0.15) is 0 Å². The highest BCUT2D eigenvalue weighted by Crippen LogP contribution is 2.40. The predicted molar refractivity (Wildman–Crippen MR) is 81.8 cm³/mol. The van der Waals surface area contributed by atoms with Crippen molar-refractivity contribution in [2.75, 3.05) is 0 Å². The van der Waals surface area contributed by atoms with Gasteiger partial charge in [-0.25, -0.2) is 0 Å². The summed E-state index contributed by atoms with van der Waals surface area (Å²) < 4.78 is 0. The first-order valence-corrected chi connectivity index (χ1v) is 7.96. The van der Waals surface area contributed by atoms with E-state index in [1.165, 1.54) is 18.3 Å². The summed E-state index contributed by atoms with van der Waals surface area (Å²) in [6.45, 7) is 5.33. The second kappa shape index (κ2) is 6.15. The second-order valence-electron chi connectivity index (χ2n) is 6.17. The molecule has 0 saturated heterocycles. The van der Waals surface area contributed by atoms with Crippen molar-refractivity contribution in [1.82, 2.24) is 10.6 Å². The second-order valence-corrected chi connectivity index (χ2v) is 7.14. The Kier molecular flexibility index (Phi) is 4.68. The molecule has 2 amide bonds. The first-order valence-electron chi connectivity index (χ1n) is 7.08. The molecular formula is C15H22N2O3S. The fourth-order valence-corrected chi connectivity index (χ4v) is 3.32. The largest absolute Gasteiger partial charge is 0.392 e. The molecule has 3 atom stereocenters. The van der Waals surface area contributed by atoms with Crippen LogP contribution >= 0.6 is 11.3 Å². The van der Waals surface area contributed by atoms with E-state index in [1.807, 2.05) is 31.4 Å². The molecule has 1 aromatic rings. The van der Waals surface area contributed by atoms with E-state index in [2.05, 4.69) is 10.6 Å². The van der Waals surface area contributed by atoms with E-state index in [-0.39, 0.29) is 41.8 Å². The van der Waals surface area contributed by atoms with Crippen LogP contribution in [0.2, 0.25) is 0 Å². The lowest BCUT2D eigenvalue weighted by molar-refractivity contribution is -0.130. The molecule has 0 aromatic carbocycles. The van der Waals surface area contributed by atoms with Gasteiger partial charge >= 0.3 is 0 Å². The quantitative estimate of drug-likeness (QED) is 0.773. The summed E-state index contributed by atoms with van der Waals surface area (Å²) in [5.41, 5.74) is -0.290. The molecule has 3 unspecified atom stereocenters. The summed E-state index contributed by atoms with van der Waals surface area (Å²) in [5, 5.41) is 17.4. The van der Waals surface area contributed by atoms with Crippen molar-refractivity contribution in [2.45, 2.75) is 51.8 Å². The zero-order chi connectivity index (χ0) is 15.6. The van der Waals surface area contributed by atoms with Crippen LogP contribution in [0.3, 0.4) is 0 Å². The van der Waals surface area contributed by atoms with Crippen molar-refractivity contribution in [3.8, 4) is 0 Å². The Hall–Kier alpha value is -1.40. The average molecular weight is 310 g/mol. The number of amides is 2. The van der Waals surface area contributed by atoms with Crippen LogP contribution in [0, 0.1) is 5.41 Å². The summed E-state index contributed by atoms with van der Waals surface area (Å²) in [6, 6.07) is 3.50. The molecule has 1 saturated carbocycles. The van der Waals surface area contributed by atoms with Crippen LogP contribution in [0.4, 0.5) is 0 Å². The maximum absolute atomic E-state index is 12.2. The maximum Gasteiger partial charge on any atom is 0.222 e. The number of carbonyl (C=O) groups is 2. The van der Waals surface area contributed by atoms with Gasteiger partial charge in [0.15, 0.2) is 0 Å². The van der Waals surface area contributed by atoms with Crippen LogP contribution in [0.25, 0.3) is 0 Å². The molecule has 0 radical (unpaired) electrons. The predicted octanol–water partition coefficient (Wildman–Crippen LogP) is 1.59. The topological polar surface area (TPSA) is 78.4 Å². The zero-order valence-corrected chi connectivity index (χ0v) is 13.4. The van der Waals surface area contributed by atoms with E-state index in [0.717, 1.165) is 4.88 Å². The normalized spacial score (nSPS) is 24.8. The van der Waals surface area contributed by atoms with Crippen LogP contribution in [-0.2, 0) is 9.59 Å². The highest BCUT2D eigenvalue weighted by molar-refractivity contribution is 7.10. The van der Waals surface area contributed by atoms with Crippen LogP contribution in [0.1, 0.15) is 44.5 Å². The third kappa shape index (κ3) is 3.63. The van der Waals surface area contributed by atoms with Gasteiger partial charge in [-0.2, -0.15) is 0 Å². The smallest absolute Gasteiger partial charge is 0.222 e. The number of aliphatic hydroxyl groups is 1. The molecule has 1 aromatic heterocycles. The monoisotopic (exact) mass is 310 g/mol. The zero-order valence-electron chi connectivity index (χ0n) is 12.6. The van der Waals surface area contributed by atoms with E-state index < -0.39 is 0 Å². The molecule has 21 heavy (non-hydrogen) atoms. The van der Waals surface area contributed by atoms with E-state index in [1.54, 1.807) is 0 Å². The Morgan fingerprint density at radius 3 is 2.71 bits per heavy atom. The van der Waals surface area contributed by atoms with Gasteiger partial charge in [0.2, 0.25) is 11.8 Å². The number of thiophene rings is 1. The molecule has 0 bridgehead atoms. The molecular weight excluding hydrogens is 288 g/mol. The lowest BCUT2D eigenvalue weighted by Gasteiger charge is -2.49. The van der Waals surface area contributed by atoms with E-state index in [0.29, 0.717) is 6.42 Å². The lowest BCUT2D eigenvalue weighted by Crippen LogP contribution is -2.61. The molecule has 1 aliphatic carbocycles. The highest BCUT2D eigenvalue weighted by atomic mass is 32.1. The molecule has 6 heteroatoms. The minimum absolute atomic E-state index is 0.0127. The Morgan fingerprint density at radius 1 is 1.52 bits per heavy atom. The molecule has 2 rings (SSSR count). The van der Waals surface area contributed by atoms with Gasteiger partial charge in [-0.1, -0.05) is 19.9 Å². The fraction of sp³-hybridized carbons (Fsp3) is 0.600. The van der Waals surface area contributed by atoms with Crippen molar-refractivity contribution in [3.05, 3.63) is 22.4 Å². The number of hydrogen-bond acceptors (Lipinski definition) is 4.